The molecule has 3 heteroatoms. The molecule has 0 atom stereocenters. The summed E-state index contributed by atoms with van der Waals surface area (Å²) in [6.07, 6.45) is 0. The average Bonchev–Trinajstić information content (AvgIpc) is 2.35. The first-order chi connectivity index (χ1) is 7.88. The van der Waals surface area contributed by atoms with Crippen molar-refractivity contribution >= 4 is 22.1 Å². The van der Waals surface area contributed by atoms with Crippen molar-refractivity contribution in [3.05, 3.63) is 48.0 Å². The SMILES string of the molecule is NCc1cccc2nc3ccccc3nc12. The second-order valence-corrected chi connectivity index (χ2v) is 3.70. The summed E-state index contributed by atoms with van der Waals surface area (Å²) in [5.74, 6) is 0. The molecule has 0 aliphatic heterocycles. The van der Waals surface area contributed by atoms with Crippen LogP contribution in [-0.2, 0) is 6.54 Å². The Labute approximate surface area is 92.9 Å². The Hall–Kier alpha value is -2.00. The molecule has 0 unspecified atom stereocenters. The van der Waals surface area contributed by atoms with Gasteiger partial charge >= 0.3 is 0 Å². The lowest BCUT2D eigenvalue weighted by Gasteiger charge is -2.04. The third-order valence-corrected chi connectivity index (χ3v) is 2.67. The fourth-order valence-corrected chi connectivity index (χ4v) is 1.87. The largest absolute Gasteiger partial charge is 0.326 e. The zero-order valence-electron chi connectivity index (χ0n) is 8.72. The number of rotatable bonds is 1. The van der Waals surface area contributed by atoms with E-state index in [0.717, 1.165) is 27.6 Å². The van der Waals surface area contributed by atoms with E-state index in [2.05, 4.69) is 9.97 Å². The van der Waals surface area contributed by atoms with Gasteiger partial charge in [0, 0.05) is 6.54 Å². The predicted molar refractivity (Wildman–Crippen MR) is 64.9 cm³/mol. The van der Waals surface area contributed by atoms with E-state index in [0.29, 0.717) is 6.54 Å². The number of nitrogens with two attached hydrogens (primary N) is 1. The van der Waals surface area contributed by atoms with E-state index in [1.807, 2.05) is 42.5 Å². The molecular formula is C13H11N3. The average molecular weight is 209 g/mol. The number of aromatic nitrogens is 2. The van der Waals surface area contributed by atoms with Crippen molar-refractivity contribution < 1.29 is 0 Å². The summed E-state index contributed by atoms with van der Waals surface area (Å²) in [5.41, 5.74) is 10.4. The van der Waals surface area contributed by atoms with Crippen molar-refractivity contribution in [1.29, 1.82) is 0 Å². The van der Waals surface area contributed by atoms with Crippen molar-refractivity contribution in [1.82, 2.24) is 9.97 Å². The molecule has 1 heterocycles. The molecule has 1 aromatic heterocycles. The molecule has 3 rings (SSSR count). The molecule has 3 aromatic rings. The topological polar surface area (TPSA) is 51.8 Å². The summed E-state index contributed by atoms with van der Waals surface area (Å²) in [6.45, 7) is 0.490. The van der Waals surface area contributed by atoms with Crippen molar-refractivity contribution in [3.8, 4) is 0 Å². The number of hydrogen-bond acceptors (Lipinski definition) is 3. The van der Waals surface area contributed by atoms with Gasteiger partial charge in [0.15, 0.2) is 0 Å². The Morgan fingerprint density at radius 1 is 0.812 bits per heavy atom. The van der Waals surface area contributed by atoms with E-state index in [9.17, 15) is 0 Å². The summed E-state index contributed by atoms with van der Waals surface area (Å²) in [6, 6.07) is 13.8. The van der Waals surface area contributed by atoms with Gasteiger partial charge in [-0.05, 0) is 23.8 Å². The molecule has 0 radical (unpaired) electrons. The van der Waals surface area contributed by atoms with E-state index >= 15 is 0 Å². The predicted octanol–water partition coefficient (Wildman–Crippen LogP) is 2.24. The van der Waals surface area contributed by atoms with Gasteiger partial charge in [-0.15, -0.1) is 0 Å². The summed E-state index contributed by atoms with van der Waals surface area (Å²) >= 11 is 0. The Morgan fingerprint density at radius 3 is 2.25 bits per heavy atom. The molecular weight excluding hydrogens is 198 g/mol. The van der Waals surface area contributed by atoms with Crippen LogP contribution in [0.1, 0.15) is 5.56 Å². The number of para-hydroxylation sites is 3. The van der Waals surface area contributed by atoms with Crippen LogP contribution in [0.25, 0.3) is 22.1 Å². The van der Waals surface area contributed by atoms with E-state index < -0.39 is 0 Å². The minimum Gasteiger partial charge on any atom is -0.326 e. The van der Waals surface area contributed by atoms with Crippen LogP contribution < -0.4 is 5.73 Å². The van der Waals surface area contributed by atoms with Gasteiger partial charge in [-0.1, -0.05) is 24.3 Å². The highest BCUT2D eigenvalue weighted by Gasteiger charge is 2.03. The third kappa shape index (κ3) is 1.33. The molecule has 78 valence electrons. The van der Waals surface area contributed by atoms with Crippen LogP contribution in [-0.4, -0.2) is 9.97 Å². The highest BCUT2D eigenvalue weighted by Crippen LogP contribution is 2.18. The fraction of sp³-hybridized carbons (Fsp3) is 0.0769. The highest BCUT2D eigenvalue weighted by atomic mass is 14.8. The Balaban J connectivity index is 2.46. The van der Waals surface area contributed by atoms with E-state index in [1.165, 1.54) is 0 Å². The molecule has 0 fully saturated rings. The second kappa shape index (κ2) is 3.54. The lowest BCUT2D eigenvalue weighted by molar-refractivity contribution is 1.08. The van der Waals surface area contributed by atoms with Crippen molar-refractivity contribution in [2.75, 3.05) is 0 Å². The summed E-state index contributed by atoms with van der Waals surface area (Å²) in [7, 11) is 0. The summed E-state index contributed by atoms with van der Waals surface area (Å²) in [5, 5.41) is 0. The maximum absolute atomic E-state index is 5.69. The monoisotopic (exact) mass is 209 g/mol. The van der Waals surface area contributed by atoms with Gasteiger partial charge in [0.2, 0.25) is 0 Å². The van der Waals surface area contributed by atoms with E-state index in [4.69, 9.17) is 5.73 Å². The molecule has 0 amide bonds. The van der Waals surface area contributed by atoms with Gasteiger partial charge in [-0.25, -0.2) is 9.97 Å². The van der Waals surface area contributed by atoms with Gasteiger partial charge in [0.25, 0.3) is 0 Å². The summed E-state index contributed by atoms with van der Waals surface area (Å²) in [4.78, 5) is 9.17. The zero-order valence-corrected chi connectivity index (χ0v) is 8.72. The maximum atomic E-state index is 5.69. The van der Waals surface area contributed by atoms with Gasteiger partial charge in [0.05, 0.1) is 22.1 Å². The van der Waals surface area contributed by atoms with Crippen molar-refractivity contribution in [3.63, 3.8) is 0 Å². The molecule has 2 aromatic carbocycles. The van der Waals surface area contributed by atoms with Crippen molar-refractivity contribution in [2.24, 2.45) is 5.73 Å². The molecule has 0 saturated heterocycles. The van der Waals surface area contributed by atoms with Crippen LogP contribution in [0.15, 0.2) is 42.5 Å². The molecule has 0 saturated carbocycles. The Kier molecular flexibility index (Phi) is 2.04. The first kappa shape index (κ1) is 9.24. The van der Waals surface area contributed by atoms with Crippen molar-refractivity contribution in [2.45, 2.75) is 6.54 Å². The smallest absolute Gasteiger partial charge is 0.0939 e. The van der Waals surface area contributed by atoms with E-state index in [1.54, 1.807) is 0 Å². The Morgan fingerprint density at radius 2 is 1.50 bits per heavy atom. The number of benzene rings is 2. The molecule has 0 aliphatic carbocycles. The van der Waals surface area contributed by atoms with Gasteiger partial charge < -0.3 is 5.73 Å². The van der Waals surface area contributed by atoms with Gasteiger partial charge in [-0.2, -0.15) is 0 Å². The third-order valence-electron chi connectivity index (χ3n) is 2.67. The minimum absolute atomic E-state index is 0.490. The number of fused-ring (bicyclic) bond motifs is 2. The quantitative estimate of drug-likeness (QED) is 0.625. The Bertz CT molecular complexity index is 661. The van der Waals surface area contributed by atoms with Crippen LogP contribution in [0.4, 0.5) is 0 Å². The van der Waals surface area contributed by atoms with Crippen LogP contribution in [0.2, 0.25) is 0 Å². The molecule has 2 N–H and O–H groups in total. The molecule has 3 nitrogen and oxygen atoms in total. The standard InChI is InChI=1S/C13H11N3/c14-8-9-4-3-7-12-13(9)16-11-6-2-1-5-10(11)15-12/h1-7H,8,14H2. The number of nitrogens with zero attached hydrogens (tertiary/aromatic N) is 2. The summed E-state index contributed by atoms with van der Waals surface area (Å²) < 4.78 is 0. The normalized spacial score (nSPS) is 11.1. The van der Waals surface area contributed by atoms with Crippen LogP contribution in [0.3, 0.4) is 0 Å². The van der Waals surface area contributed by atoms with Crippen LogP contribution in [0.5, 0.6) is 0 Å². The van der Waals surface area contributed by atoms with Crippen LogP contribution in [0, 0.1) is 0 Å². The zero-order chi connectivity index (χ0) is 11.0. The molecule has 0 aliphatic rings. The van der Waals surface area contributed by atoms with Gasteiger partial charge in [-0.3, -0.25) is 0 Å². The minimum atomic E-state index is 0.490. The molecule has 0 spiro atoms. The van der Waals surface area contributed by atoms with E-state index in [-0.39, 0.29) is 0 Å². The number of hydrogen-bond donors (Lipinski definition) is 1. The molecule has 0 bridgehead atoms. The molecule has 16 heavy (non-hydrogen) atoms. The maximum Gasteiger partial charge on any atom is 0.0939 e. The second-order valence-electron chi connectivity index (χ2n) is 3.70. The fourth-order valence-electron chi connectivity index (χ4n) is 1.87. The van der Waals surface area contributed by atoms with Crippen LogP contribution >= 0.6 is 0 Å². The lowest BCUT2D eigenvalue weighted by atomic mass is 10.1. The lowest BCUT2D eigenvalue weighted by Crippen LogP contribution is -1.99. The highest BCUT2D eigenvalue weighted by molar-refractivity contribution is 5.87. The van der Waals surface area contributed by atoms with Gasteiger partial charge in [0.1, 0.15) is 0 Å². The first-order valence-electron chi connectivity index (χ1n) is 5.23. The first-order valence-corrected chi connectivity index (χ1v) is 5.23.